The van der Waals surface area contributed by atoms with Gasteiger partial charge in [-0.1, -0.05) is 96.0 Å². The van der Waals surface area contributed by atoms with Crippen LogP contribution in [0.3, 0.4) is 0 Å². The minimum atomic E-state index is -1.16. The maximum Gasteiger partial charge on any atom is 0.407 e. The van der Waals surface area contributed by atoms with Crippen molar-refractivity contribution in [1.82, 2.24) is 10.6 Å². The second-order valence-corrected chi connectivity index (χ2v) is 20.6. The number of esters is 2. The van der Waals surface area contributed by atoms with Crippen LogP contribution >= 0.6 is 23.2 Å². The van der Waals surface area contributed by atoms with Crippen molar-refractivity contribution in [2.75, 3.05) is 39.6 Å². The van der Waals surface area contributed by atoms with E-state index in [9.17, 15) is 24.3 Å². The maximum absolute atomic E-state index is 13.0. The van der Waals surface area contributed by atoms with Gasteiger partial charge in [0.25, 0.3) is 0 Å². The number of amides is 2. The Bertz CT molecular complexity index is 2260. The van der Waals surface area contributed by atoms with Crippen LogP contribution in [0.5, 0.6) is 0 Å². The molecular formula is C55H74Cl2N2O11. The molecule has 0 bridgehead atoms. The number of carbonyl (C=O) groups excluding carboxylic acids is 4. The average molecular weight is 1010 g/mol. The van der Waals surface area contributed by atoms with E-state index >= 15 is 0 Å². The summed E-state index contributed by atoms with van der Waals surface area (Å²) < 4.78 is 27.1. The summed E-state index contributed by atoms with van der Waals surface area (Å²) in [5.74, 6) is -0.897. The van der Waals surface area contributed by atoms with Gasteiger partial charge in [0.05, 0.1) is 37.3 Å². The third-order valence-electron chi connectivity index (χ3n) is 10.8. The lowest BCUT2D eigenvalue weighted by molar-refractivity contribution is -0.159. The van der Waals surface area contributed by atoms with Gasteiger partial charge in [0.1, 0.15) is 11.2 Å². The summed E-state index contributed by atoms with van der Waals surface area (Å²) in [6, 6.07) is 30.3. The molecule has 0 aliphatic rings. The molecule has 0 aliphatic heterocycles. The van der Waals surface area contributed by atoms with Gasteiger partial charge in [-0.3, -0.25) is 9.59 Å². The summed E-state index contributed by atoms with van der Waals surface area (Å²) in [5, 5.41) is 26.2. The molecule has 15 heteroatoms. The molecule has 4 rings (SSSR count). The minimum Gasteiger partial charge on any atom is -0.466 e. The molecule has 0 aromatic heterocycles. The zero-order chi connectivity index (χ0) is 52.1. The average Bonchev–Trinajstić information content (AvgIpc) is 3.27. The highest BCUT2D eigenvalue weighted by atomic mass is 35.5. The molecule has 384 valence electrons. The lowest BCUT2D eigenvalue weighted by Crippen LogP contribution is -2.46. The Morgan fingerprint density at radius 3 is 1.33 bits per heavy atom. The first-order valence-corrected chi connectivity index (χ1v) is 24.5. The minimum absolute atomic E-state index is 0.00409. The second kappa shape index (κ2) is 28.0. The van der Waals surface area contributed by atoms with Gasteiger partial charge in [-0.2, -0.15) is 0 Å². The van der Waals surface area contributed by atoms with Crippen molar-refractivity contribution in [2.45, 2.75) is 125 Å². The molecule has 0 aliphatic carbocycles. The van der Waals surface area contributed by atoms with Crippen LogP contribution in [0.25, 0.3) is 22.3 Å². The van der Waals surface area contributed by atoms with Gasteiger partial charge >= 0.3 is 24.1 Å². The number of hydrogen-bond acceptors (Lipinski definition) is 11. The summed E-state index contributed by atoms with van der Waals surface area (Å²) in [7, 11) is 0. The molecule has 4 aromatic rings. The molecule has 0 saturated carbocycles. The van der Waals surface area contributed by atoms with Crippen LogP contribution in [0.4, 0.5) is 9.59 Å². The predicted octanol–water partition coefficient (Wildman–Crippen LogP) is 11.2. The Balaban J connectivity index is 0.000000373. The Hall–Kier alpha value is -5.18. The van der Waals surface area contributed by atoms with Crippen LogP contribution in [-0.2, 0) is 46.1 Å². The van der Waals surface area contributed by atoms with Crippen LogP contribution in [0.2, 0.25) is 10.0 Å². The lowest BCUT2D eigenvalue weighted by atomic mass is 9.82. The number of carbonyl (C=O) groups is 4. The van der Waals surface area contributed by atoms with Crippen LogP contribution in [0.15, 0.2) is 97.1 Å². The molecule has 4 atom stereocenters. The van der Waals surface area contributed by atoms with Gasteiger partial charge < -0.3 is 44.5 Å². The Morgan fingerprint density at radius 1 is 0.571 bits per heavy atom. The van der Waals surface area contributed by atoms with E-state index in [1.54, 1.807) is 69.2 Å². The van der Waals surface area contributed by atoms with Crippen molar-refractivity contribution < 1.29 is 53.1 Å². The zero-order valence-corrected chi connectivity index (χ0v) is 44.0. The molecule has 0 saturated heterocycles. The topological polar surface area (TPSA) is 179 Å². The first kappa shape index (κ1) is 59.1. The van der Waals surface area contributed by atoms with Crippen molar-refractivity contribution in [2.24, 2.45) is 10.8 Å². The highest BCUT2D eigenvalue weighted by Gasteiger charge is 2.40. The van der Waals surface area contributed by atoms with E-state index in [1.807, 2.05) is 97.1 Å². The molecule has 4 aromatic carbocycles. The van der Waals surface area contributed by atoms with E-state index in [-0.39, 0.29) is 39.3 Å². The van der Waals surface area contributed by atoms with Crippen LogP contribution in [-0.4, -0.2) is 97.3 Å². The van der Waals surface area contributed by atoms with Crippen molar-refractivity contribution in [3.05, 3.63) is 118 Å². The van der Waals surface area contributed by atoms with E-state index in [4.69, 9.17) is 52.0 Å². The fraction of sp³-hybridized carbons (Fsp3) is 0.491. The third-order valence-corrected chi connectivity index (χ3v) is 11.2. The van der Waals surface area contributed by atoms with E-state index in [2.05, 4.69) is 10.6 Å². The Labute approximate surface area is 424 Å². The number of aliphatic hydroxyl groups is 2. The van der Waals surface area contributed by atoms with Crippen molar-refractivity contribution >= 4 is 47.3 Å². The number of halogens is 2. The summed E-state index contributed by atoms with van der Waals surface area (Å²) in [6.45, 7) is 18.1. The normalized spacial score (nSPS) is 14.0. The van der Waals surface area contributed by atoms with Gasteiger partial charge in [-0.15, -0.1) is 0 Å². The molecule has 13 nitrogen and oxygen atoms in total. The van der Waals surface area contributed by atoms with Crippen LogP contribution in [0.1, 0.15) is 99.6 Å². The number of nitrogens with one attached hydrogen (secondary N) is 2. The smallest absolute Gasteiger partial charge is 0.407 e. The van der Waals surface area contributed by atoms with E-state index in [0.717, 1.165) is 33.4 Å². The Kier molecular flexibility index (Phi) is 23.7. The second-order valence-electron chi connectivity index (χ2n) is 19.8. The largest absolute Gasteiger partial charge is 0.466 e. The molecule has 2 amide bonds. The summed E-state index contributed by atoms with van der Waals surface area (Å²) in [6.07, 6.45) is 0.729. The van der Waals surface area contributed by atoms with Crippen molar-refractivity contribution in [3.8, 4) is 22.3 Å². The van der Waals surface area contributed by atoms with Gasteiger partial charge in [0.15, 0.2) is 0 Å². The fourth-order valence-corrected chi connectivity index (χ4v) is 7.83. The molecule has 0 fully saturated rings. The van der Waals surface area contributed by atoms with E-state index in [0.29, 0.717) is 35.9 Å². The number of ether oxygens (including phenoxy) is 5. The van der Waals surface area contributed by atoms with E-state index < -0.39 is 64.8 Å². The molecule has 0 spiro atoms. The third kappa shape index (κ3) is 21.0. The van der Waals surface area contributed by atoms with Crippen molar-refractivity contribution in [3.63, 3.8) is 0 Å². The molecule has 70 heavy (non-hydrogen) atoms. The number of aliphatic hydroxyl groups excluding tert-OH is 2. The van der Waals surface area contributed by atoms with Crippen LogP contribution < -0.4 is 10.6 Å². The van der Waals surface area contributed by atoms with Crippen LogP contribution in [0, 0.1) is 10.8 Å². The predicted molar refractivity (Wildman–Crippen MR) is 276 cm³/mol. The zero-order valence-electron chi connectivity index (χ0n) is 42.5. The monoisotopic (exact) mass is 1010 g/mol. The summed E-state index contributed by atoms with van der Waals surface area (Å²) in [5.41, 5.74) is 2.53. The van der Waals surface area contributed by atoms with Crippen molar-refractivity contribution in [1.29, 1.82) is 0 Å². The molecule has 0 radical (unpaired) electrons. The van der Waals surface area contributed by atoms with Gasteiger partial charge in [-0.05, 0) is 159 Å². The highest BCUT2D eigenvalue weighted by Crippen LogP contribution is 2.31. The highest BCUT2D eigenvalue weighted by molar-refractivity contribution is 6.31. The first-order chi connectivity index (χ1) is 32.9. The van der Waals surface area contributed by atoms with Gasteiger partial charge in [0.2, 0.25) is 0 Å². The number of alkyl carbamates (subject to hydrolysis) is 2. The molecule has 0 unspecified atom stereocenters. The quantitative estimate of drug-likeness (QED) is 0.0334. The van der Waals surface area contributed by atoms with Gasteiger partial charge in [-0.25, -0.2) is 9.59 Å². The summed E-state index contributed by atoms with van der Waals surface area (Å²) in [4.78, 5) is 50.6. The molecule has 0 heterocycles. The number of rotatable bonds is 22. The fourth-order valence-electron chi connectivity index (χ4n) is 7.44. The number of hydrogen-bond donors (Lipinski definition) is 4. The number of benzene rings is 4. The maximum atomic E-state index is 13.0. The summed E-state index contributed by atoms with van der Waals surface area (Å²) >= 11 is 12.2. The molecule has 4 N–H and O–H groups in total. The van der Waals surface area contributed by atoms with Gasteiger partial charge in [0, 0.05) is 35.3 Å². The molecular weight excluding hydrogens is 936 g/mol. The standard InChI is InChI=1S/C29H40ClNO6.C26H34ClNO5/c1-6-36-26(33)29(5,20-35-16-8-15-32)19-25(31-27(34)37-28(2,3)4)17-21-11-13-22(14-12-21)23-9-7-10-24(30)18-23;1-6-32-23(30)26(5,17-29)16-22(28-24(31)33-25(2,3)4)14-18-10-12-19(13-11-18)20-8-7-9-21(27)15-20/h7,9-14,18,25,32H,6,8,15-17,19-20H2,1-5H3,(H,31,34);7-13,15,22,29H,6,14,16-17H2,1-5H3,(H,28,31)/t25-,29+;22-,26+/m11/s1. The first-order valence-electron chi connectivity index (χ1n) is 23.7. The Morgan fingerprint density at radius 2 is 0.971 bits per heavy atom. The van der Waals surface area contributed by atoms with E-state index in [1.165, 1.54) is 0 Å². The lowest BCUT2D eigenvalue weighted by Gasteiger charge is -2.32. The SMILES string of the molecule is CCOC(=O)[C@](C)(CO)C[C@@H](Cc1ccc(-c2cccc(Cl)c2)cc1)NC(=O)OC(C)(C)C.CCOC(=O)[C@](C)(COCCCO)C[C@@H](Cc1ccc(-c2cccc(Cl)c2)cc1)NC(=O)OC(C)(C)C.